The van der Waals surface area contributed by atoms with Crippen LogP contribution in [0.1, 0.15) is 70.5 Å². The van der Waals surface area contributed by atoms with Crippen LogP contribution in [-0.4, -0.2) is 59.5 Å². The molecule has 1 aromatic rings. The molecule has 0 bridgehead atoms. The Kier molecular flexibility index (Phi) is 14.0. The number of alkyl carbamates (subject to hydrolysis) is 1. The average molecular weight is 518 g/mol. The van der Waals surface area contributed by atoms with Crippen molar-refractivity contribution in [1.29, 1.82) is 0 Å². The second-order valence-electron chi connectivity index (χ2n) is 9.53. The molecule has 8 heteroatoms. The van der Waals surface area contributed by atoms with Crippen LogP contribution in [0, 0.1) is 0 Å². The molecular formula is C28H43N3O4S. The van der Waals surface area contributed by atoms with Crippen LogP contribution < -0.4 is 10.6 Å². The Hall–Kier alpha value is -2.74. The van der Waals surface area contributed by atoms with Crippen molar-refractivity contribution in [1.82, 2.24) is 15.5 Å². The Morgan fingerprint density at radius 3 is 2.50 bits per heavy atom. The van der Waals surface area contributed by atoms with E-state index >= 15 is 0 Å². The number of carbonyl (C=O) groups is 3. The number of thioether (sulfide) groups is 1. The van der Waals surface area contributed by atoms with Crippen molar-refractivity contribution in [2.24, 2.45) is 0 Å². The van der Waals surface area contributed by atoms with Gasteiger partial charge in [0.2, 0.25) is 11.8 Å². The molecule has 200 valence electrons. The molecule has 0 spiro atoms. The Balaban J connectivity index is 3.38. The van der Waals surface area contributed by atoms with Crippen LogP contribution in [0.4, 0.5) is 4.79 Å². The van der Waals surface area contributed by atoms with Gasteiger partial charge in [-0.25, -0.2) is 4.79 Å². The summed E-state index contributed by atoms with van der Waals surface area (Å²) in [5.74, 6) is 0.00413. The maximum absolute atomic E-state index is 13.9. The quantitative estimate of drug-likeness (QED) is 0.242. The second-order valence-corrected chi connectivity index (χ2v) is 10.5. The fourth-order valence-corrected chi connectivity index (χ4v) is 4.09. The number of hydrogen-bond acceptors (Lipinski definition) is 5. The van der Waals surface area contributed by atoms with Gasteiger partial charge in [0.1, 0.15) is 17.7 Å². The third-order valence-electron chi connectivity index (χ3n) is 5.31. The van der Waals surface area contributed by atoms with Gasteiger partial charge >= 0.3 is 6.09 Å². The molecule has 2 N–H and O–H groups in total. The van der Waals surface area contributed by atoms with Crippen molar-refractivity contribution in [3.8, 4) is 0 Å². The molecule has 0 fully saturated rings. The van der Waals surface area contributed by atoms with Crippen LogP contribution >= 0.6 is 11.8 Å². The van der Waals surface area contributed by atoms with Gasteiger partial charge in [0, 0.05) is 13.1 Å². The molecule has 0 aliphatic heterocycles. The molecule has 1 rings (SSSR count). The summed E-state index contributed by atoms with van der Waals surface area (Å²) in [4.78, 5) is 41.4. The second kappa shape index (κ2) is 16.1. The number of rotatable bonds is 15. The highest BCUT2D eigenvalue weighted by atomic mass is 32.2. The monoisotopic (exact) mass is 517 g/mol. The zero-order chi connectivity index (χ0) is 27.1. The largest absolute Gasteiger partial charge is 0.444 e. The van der Waals surface area contributed by atoms with Crippen LogP contribution in [0.2, 0.25) is 0 Å². The highest BCUT2D eigenvalue weighted by molar-refractivity contribution is 7.98. The molecule has 3 amide bonds. The summed E-state index contributed by atoms with van der Waals surface area (Å²) in [6.45, 7) is 15.7. The lowest BCUT2D eigenvalue weighted by Crippen LogP contribution is -2.53. The summed E-state index contributed by atoms with van der Waals surface area (Å²) >= 11 is 1.57. The Morgan fingerprint density at radius 1 is 1.19 bits per heavy atom. The van der Waals surface area contributed by atoms with Crippen LogP contribution in [-0.2, 0) is 14.3 Å². The summed E-state index contributed by atoms with van der Waals surface area (Å²) < 4.78 is 5.40. The normalized spacial score (nSPS) is 12.7. The summed E-state index contributed by atoms with van der Waals surface area (Å²) in [6, 6.07) is 5.65. The van der Waals surface area contributed by atoms with E-state index in [0.29, 0.717) is 24.3 Å². The first-order chi connectivity index (χ1) is 17.1. The van der Waals surface area contributed by atoms with Gasteiger partial charge in [-0.2, -0.15) is 11.8 Å². The topological polar surface area (TPSA) is 87.7 Å². The molecular weight excluding hydrogens is 474 g/mol. The first kappa shape index (κ1) is 31.3. The zero-order valence-corrected chi connectivity index (χ0v) is 23.3. The van der Waals surface area contributed by atoms with Gasteiger partial charge in [-0.3, -0.25) is 9.59 Å². The van der Waals surface area contributed by atoms with Crippen molar-refractivity contribution in [3.63, 3.8) is 0 Å². The molecule has 36 heavy (non-hydrogen) atoms. The summed E-state index contributed by atoms with van der Waals surface area (Å²) in [5.41, 5.74) is 0.800. The Morgan fingerprint density at radius 2 is 1.92 bits per heavy atom. The van der Waals surface area contributed by atoms with Crippen molar-refractivity contribution in [3.05, 3.63) is 54.6 Å². The molecule has 7 nitrogen and oxygen atoms in total. The molecule has 0 saturated heterocycles. The Labute approximate surface area is 221 Å². The zero-order valence-electron chi connectivity index (χ0n) is 22.5. The van der Waals surface area contributed by atoms with E-state index in [4.69, 9.17) is 4.74 Å². The van der Waals surface area contributed by atoms with E-state index in [0.717, 1.165) is 24.8 Å². The standard InChI is InChI=1S/C28H43N3O4S/c1-8-11-12-17-29-25(32)24(22-15-13-14-21(10-3)20-22)31(18-9-2)26(33)23(16-19-36-7)30-27(34)35-28(4,5)6/h9-10,13-15,20,23-24H,2-3,8,11-12,16-19H2,1,4-7H3,(H,29,32)(H,30,34). The van der Waals surface area contributed by atoms with Crippen molar-refractivity contribution >= 4 is 35.7 Å². The fourth-order valence-electron chi connectivity index (χ4n) is 3.62. The van der Waals surface area contributed by atoms with E-state index in [9.17, 15) is 14.4 Å². The lowest BCUT2D eigenvalue weighted by atomic mass is 10.00. The van der Waals surface area contributed by atoms with Crippen LogP contribution in [0.15, 0.2) is 43.5 Å². The van der Waals surface area contributed by atoms with Gasteiger partial charge in [-0.15, -0.1) is 6.58 Å². The molecule has 0 heterocycles. The van der Waals surface area contributed by atoms with Gasteiger partial charge < -0.3 is 20.3 Å². The smallest absolute Gasteiger partial charge is 0.408 e. The molecule has 0 aliphatic rings. The van der Waals surface area contributed by atoms with Gasteiger partial charge in [0.15, 0.2) is 0 Å². The highest BCUT2D eigenvalue weighted by Gasteiger charge is 2.35. The third-order valence-corrected chi connectivity index (χ3v) is 5.95. The number of nitrogens with one attached hydrogen (secondary N) is 2. The molecule has 0 saturated carbocycles. The maximum atomic E-state index is 13.9. The van der Waals surface area contributed by atoms with Gasteiger partial charge in [-0.05, 0) is 62.8 Å². The molecule has 1 aromatic carbocycles. The molecule has 0 aromatic heterocycles. The minimum Gasteiger partial charge on any atom is -0.444 e. The molecule has 2 unspecified atom stereocenters. The van der Waals surface area contributed by atoms with Crippen molar-refractivity contribution in [2.75, 3.05) is 25.1 Å². The number of nitrogens with zero attached hydrogens (tertiary/aromatic N) is 1. The molecule has 0 aliphatic carbocycles. The van der Waals surface area contributed by atoms with Crippen LogP contribution in [0.25, 0.3) is 6.08 Å². The van der Waals surface area contributed by atoms with Gasteiger partial charge in [0.25, 0.3) is 0 Å². The van der Waals surface area contributed by atoms with E-state index < -0.39 is 23.8 Å². The lowest BCUT2D eigenvalue weighted by molar-refractivity contribution is -0.141. The van der Waals surface area contributed by atoms with E-state index in [-0.39, 0.29) is 18.4 Å². The van der Waals surface area contributed by atoms with E-state index in [1.54, 1.807) is 44.7 Å². The predicted octanol–water partition coefficient (Wildman–Crippen LogP) is 5.34. The number of ether oxygens (including phenoxy) is 1. The average Bonchev–Trinajstić information content (AvgIpc) is 2.82. The highest BCUT2D eigenvalue weighted by Crippen LogP contribution is 2.25. The predicted molar refractivity (Wildman–Crippen MR) is 150 cm³/mol. The van der Waals surface area contributed by atoms with Gasteiger partial charge in [0.05, 0.1) is 0 Å². The van der Waals surface area contributed by atoms with Crippen LogP contribution in [0.3, 0.4) is 0 Å². The van der Waals surface area contributed by atoms with Gasteiger partial charge in [-0.1, -0.05) is 56.7 Å². The third kappa shape index (κ3) is 10.9. The fraction of sp³-hybridized carbons (Fsp3) is 0.536. The minimum absolute atomic E-state index is 0.135. The Bertz CT molecular complexity index is 882. The van der Waals surface area contributed by atoms with Crippen LogP contribution in [0.5, 0.6) is 0 Å². The lowest BCUT2D eigenvalue weighted by Gasteiger charge is -2.34. The molecule has 2 atom stereocenters. The van der Waals surface area contributed by atoms with Crippen molar-refractivity contribution < 1.29 is 19.1 Å². The summed E-state index contributed by atoms with van der Waals surface area (Å²) in [5, 5.41) is 5.72. The first-order valence-corrected chi connectivity index (χ1v) is 13.9. The SMILES string of the molecule is C=CCN(C(=O)C(CCSC)NC(=O)OC(C)(C)C)C(C(=O)NCCCCC)c1cccc(C=C)c1. The summed E-state index contributed by atoms with van der Waals surface area (Å²) in [7, 11) is 0. The van der Waals surface area contributed by atoms with E-state index in [2.05, 4.69) is 30.7 Å². The van der Waals surface area contributed by atoms with E-state index in [1.807, 2.05) is 30.5 Å². The van der Waals surface area contributed by atoms with Crippen molar-refractivity contribution in [2.45, 2.75) is 71.1 Å². The number of benzene rings is 1. The maximum Gasteiger partial charge on any atom is 0.408 e. The number of carbonyl (C=O) groups excluding carboxylic acids is 3. The van der Waals surface area contributed by atoms with E-state index in [1.165, 1.54) is 4.90 Å². The number of amides is 3. The number of hydrogen-bond donors (Lipinski definition) is 2. The summed E-state index contributed by atoms with van der Waals surface area (Å²) in [6.07, 6.45) is 7.84. The first-order valence-electron chi connectivity index (χ1n) is 12.5. The molecule has 0 radical (unpaired) electrons. The number of unbranched alkanes of at least 4 members (excludes halogenated alkanes) is 2. The minimum atomic E-state index is -0.894.